The first-order chi connectivity index (χ1) is 17.0. The van der Waals surface area contributed by atoms with Crippen LogP contribution in [0.3, 0.4) is 0 Å². The van der Waals surface area contributed by atoms with E-state index in [1.54, 1.807) is 24.8 Å². The van der Waals surface area contributed by atoms with Gasteiger partial charge in [-0.25, -0.2) is 9.97 Å². The third kappa shape index (κ3) is 4.11. The number of ether oxygens (including phenoxy) is 2. The topological polar surface area (TPSA) is 102 Å². The SMILES string of the molecule is COc1cc2nnsc2cc1Nc1ncnc2sc3c(c12)CC[C@H](C(=O)N1C[C@H](C)O[C@@H](C)C1)C3. The molecule has 11 heteroatoms. The van der Waals surface area contributed by atoms with Crippen molar-refractivity contribution >= 4 is 60.7 Å². The molecule has 0 spiro atoms. The molecule has 1 amide bonds. The predicted octanol–water partition coefficient (Wildman–Crippen LogP) is 4.19. The first-order valence-corrected chi connectivity index (χ1v) is 13.4. The van der Waals surface area contributed by atoms with E-state index < -0.39 is 0 Å². The Bertz CT molecular complexity index is 1410. The van der Waals surface area contributed by atoms with Crippen molar-refractivity contribution in [2.75, 3.05) is 25.5 Å². The number of thiophene rings is 1. The highest BCUT2D eigenvalue weighted by Gasteiger charge is 2.34. The van der Waals surface area contributed by atoms with Crippen molar-refractivity contribution in [1.82, 2.24) is 24.5 Å². The second-order valence-electron chi connectivity index (χ2n) is 9.26. The molecular weight excluding hydrogens is 484 g/mol. The molecule has 6 rings (SSSR count). The third-order valence-corrected chi connectivity index (χ3v) is 8.60. The molecule has 182 valence electrons. The van der Waals surface area contributed by atoms with Crippen LogP contribution in [0.1, 0.15) is 30.7 Å². The lowest BCUT2D eigenvalue weighted by atomic mass is 9.86. The minimum atomic E-state index is -0.00115. The summed E-state index contributed by atoms with van der Waals surface area (Å²) in [7, 11) is 1.64. The number of amides is 1. The highest BCUT2D eigenvalue weighted by atomic mass is 32.1. The smallest absolute Gasteiger partial charge is 0.226 e. The number of nitrogens with one attached hydrogen (secondary N) is 1. The number of aromatic nitrogens is 4. The fourth-order valence-electron chi connectivity index (χ4n) is 5.23. The second kappa shape index (κ2) is 8.96. The summed E-state index contributed by atoms with van der Waals surface area (Å²) in [6.45, 7) is 5.40. The van der Waals surface area contributed by atoms with Gasteiger partial charge in [0.15, 0.2) is 0 Å². The number of hydrogen-bond acceptors (Lipinski definition) is 10. The van der Waals surface area contributed by atoms with Gasteiger partial charge >= 0.3 is 0 Å². The molecule has 1 aliphatic heterocycles. The zero-order valence-electron chi connectivity index (χ0n) is 19.8. The van der Waals surface area contributed by atoms with Crippen LogP contribution in [0.4, 0.5) is 11.5 Å². The summed E-state index contributed by atoms with van der Waals surface area (Å²) in [5.74, 6) is 1.68. The highest BCUT2D eigenvalue weighted by molar-refractivity contribution is 7.19. The quantitative estimate of drug-likeness (QED) is 0.436. The Hall–Kier alpha value is -2.89. The number of benzene rings is 1. The molecule has 1 saturated heterocycles. The van der Waals surface area contributed by atoms with Crippen molar-refractivity contribution in [3.63, 3.8) is 0 Å². The highest BCUT2D eigenvalue weighted by Crippen LogP contribution is 2.42. The molecule has 35 heavy (non-hydrogen) atoms. The third-order valence-electron chi connectivity index (χ3n) is 6.75. The van der Waals surface area contributed by atoms with Gasteiger partial charge in [0, 0.05) is 30.0 Å². The summed E-state index contributed by atoms with van der Waals surface area (Å²) in [4.78, 5) is 26.6. The van der Waals surface area contributed by atoms with Gasteiger partial charge in [0.2, 0.25) is 5.91 Å². The molecule has 0 saturated carbocycles. The van der Waals surface area contributed by atoms with Gasteiger partial charge in [0.05, 0.1) is 35.1 Å². The predicted molar refractivity (Wildman–Crippen MR) is 137 cm³/mol. The van der Waals surface area contributed by atoms with Crippen molar-refractivity contribution in [1.29, 1.82) is 0 Å². The summed E-state index contributed by atoms with van der Waals surface area (Å²) in [5.41, 5.74) is 2.86. The maximum absolute atomic E-state index is 13.3. The fourth-order valence-corrected chi connectivity index (χ4v) is 7.08. The summed E-state index contributed by atoms with van der Waals surface area (Å²) in [6, 6.07) is 3.87. The number of carbonyl (C=O) groups is 1. The van der Waals surface area contributed by atoms with Gasteiger partial charge in [0.1, 0.15) is 28.2 Å². The van der Waals surface area contributed by atoms with E-state index in [0.29, 0.717) is 18.8 Å². The minimum absolute atomic E-state index is 0.00115. The Kier molecular flexibility index (Phi) is 5.78. The normalized spacial score (nSPS) is 22.4. The Morgan fingerprint density at radius 1 is 1.23 bits per heavy atom. The summed E-state index contributed by atoms with van der Waals surface area (Å²) >= 11 is 3.01. The number of hydrogen-bond donors (Lipinski definition) is 1. The molecule has 0 radical (unpaired) electrons. The van der Waals surface area contributed by atoms with E-state index >= 15 is 0 Å². The maximum Gasteiger partial charge on any atom is 0.226 e. The van der Waals surface area contributed by atoms with Crippen LogP contribution in [0.2, 0.25) is 0 Å². The van der Waals surface area contributed by atoms with Crippen LogP contribution >= 0.6 is 22.9 Å². The van der Waals surface area contributed by atoms with Crippen molar-refractivity contribution in [3.05, 3.63) is 28.9 Å². The first-order valence-electron chi connectivity index (χ1n) is 11.8. The maximum atomic E-state index is 13.3. The van der Waals surface area contributed by atoms with Gasteiger partial charge in [-0.1, -0.05) is 4.49 Å². The number of fused-ring (bicyclic) bond motifs is 4. The summed E-state index contributed by atoms with van der Waals surface area (Å²) < 4.78 is 16.4. The Balaban J connectivity index is 1.30. The monoisotopic (exact) mass is 510 g/mol. The summed E-state index contributed by atoms with van der Waals surface area (Å²) in [6.07, 6.45) is 4.15. The van der Waals surface area contributed by atoms with Crippen LogP contribution in [0.25, 0.3) is 20.4 Å². The molecule has 4 heterocycles. The molecule has 1 aliphatic carbocycles. The lowest BCUT2D eigenvalue weighted by Gasteiger charge is -2.37. The van der Waals surface area contributed by atoms with Crippen molar-refractivity contribution in [2.45, 2.75) is 45.3 Å². The van der Waals surface area contributed by atoms with Gasteiger partial charge in [-0.3, -0.25) is 4.79 Å². The average molecular weight is 511 g/mol. The lowest BCUT2D eigenvalue weighted by molar-refractivity contribution is -0.147. The molecule has 1 N–H and O–H groups in total. The molecule has 2 aliphatic rings. The number of methoxy groups -OCH3 is 1. The molecular formula is C24H26N6O3S2. The number of morpholine rings is 1. The van der Waals surface area contributed by atoms with Crippen molar-refractivity contribution < 1.29 is 14.3 Å². The van der Waals surface area contributed by atoms with Gasteiger partial charge in [0.25, 0.3) is 0 Å². The summed E-state index contributed by atoms with van der Waals surface area (Å²) in [5, 5.41) is 8.65. The minimum Gasteiger partial charge on any atom is -0.494 e. The van der Waals surface area contributed by atoms with Gasteiger partial charge in [-0.15, -0.1) is 16.4 Å². The van der Waals surface area contributed by atoms with E-state index in [1.807, 2.05) is 30.9 Å². The second-order valence-corrected chi connectivity index (χ2v) is 11.1. The molecule has 3 atom stereocenters. The average Bonchev–Trinajstić information content (AvgIpc) is 3.46. The number of aryl methyl sites for hydroxylation is 1. The van der Waals surface area contributed by atoms with Gasteiger partial charge in [-0.2, -0.15) is 0 Å². The van der Waals surface area contributed by atoms with E-state index in [0.717, 1.165) is 51.2 Å². The van der Waals surface area contributed by atoms with Crippen molar-refractivity contribution in [3.8, 4) is 5.75 Å². The molecule has 1 aromatic carbocycles. The van der Waals surface area contributed by atoms with E-state index in [1.165, 1.54) is 22.0 Å². The van der Waals surface area contributed by atoms with E-state index in [2.05, 4.69) is 24.9 Å². The van der Waals surface area contributed by atoms with Gasteiger partial charge in [-0.05, 0) is 56.3 Å². The van der Waals surface area contributed by atoms with E-state index in [-0.39, 0.29) is 24.0 Å². The van der Waals surface area contributed by atoms with Crippen LogP contribution in [0.5, 0.6) is 5.75 Å². The Labute approximate surface area is 210 Å². The Morgan fingerprint density at radius 3 is 2.86 bits per heavy atom. The van der Waals surface area contributed by atoms with Crippen LogP contribution in [-0.2, 0) is 22.4 Å². The van der Waals surface area contributed by atoms with Crippen LogP contribution < -0.4 is 10.1 Å². The largest absolute Gasteiger partial charge is 0.494 e. The lowest BCUT2D eigenvalue weighted by Crippen LogP contribution is -2.50. The molecule has 4 aromatic rings. The Morgan fingerprint density at radius 2 is 2.06 bits per heavy atom. The molecule has 0 bridgehead atoms. The van der Waals surface area contributed by atoms with Crippen LogP contribution in [0.15, 0.2) is 18.5 Å². The molecule has 1 fully saturated rings. The number of anilines is 2. The van der Waals surface area contributed by atoms with Crippen LogP contribution in [-0.4, -0.2) is 62.8 Å². The van der Waals surface area contributed by atoms with Crippen LogP contribution in [0, 0.1) is 5.92 Å². The van der Waals surface area contributed by atoms with E-state index in [4.69, 9.17) is 9.47 Å². The molecule has 0 unspecified atom stereocenters. The zero-order valence-corrected chi connectivity index (χ0v) is 21.4. The zero-order chi connectivity index (χ0) is 24.1. The van der Waals surface area contributed by atoms with Gasteiger partial charge < -0.3 is 19.7 Å². The number of carbonyl (C=O) groups excluding carboxylic acids is 1. The first kappa shape index (κ1) is 22.6. The number of rotatable bonds is 4. The standard InChI is InChI=1S/C24H26N6O3S2/c1-12-9-30(10-13(2)33-12)24(31)14-4-5-15-19(6-14)34-23-21(15)22(25-11-26-23)27-16-8-20-17(28-29-35-20)7-18(16)32-3/h7-8,11-14H,4-6,9-10H2,1-3H3,(H,25,26,27)/t12-,13-,14-/m0/s1. The van der Waals surface area contributed by atoms with E-state index in [9.17, 15) is 4.79 Å². The fraction of sp³-hybridized carbons (Fsp3) is 0.458. The molecule has 9 nitrogen and oxygen atoms in total. The number of nitrogens with zero attached hydrogens (tertiary/aromatic N) is 5. The molecule has 3 aromatic heterocycles. The van der Waals surface area contributed by atoms with Crippen molar-refractivity contribution in [2.24, 2.45) is 5.92 Å².